The molecule has 1 amide bonds. The van der Waals surface area contributed by atoms with Gasteiger partial charge in [0, 0.05) is 36.4 Å². The molecule has 164 valence electrons. The molecule has 0 bridgehead atoms. The molecule has 0 spiro atoms. The maximum atomic E-state index is 12.7. The minimum Gasteiger partial charge on any atom is -0.501 e. The fourth-order valence-electron chi connectivity index (χ4n) is 5.38. The first-order chi connectivity index (χ1) is 14.9. The second-order valence-corrected chi connectivity index (χ2v) is 10.4. The van der Waals surface area contributed by atoms with Gasteiger partial charge in [0.25, 0.3) is 5.91 Å². The van der Waals surface area contributed by atoms with E-state index in [0.29, 0.717) is 31.3 Å². The summed E-state index contributed by atoms with van der Waals surface area (Å²) >= 11 is 3.73. The number of hydrogen-bond acceptors (Lipinski definition) is 4. The maximum absolute atomic E-state index is 12.7. The van der Waals surface area contributed by atoms with Gasteiger partial charge in [-0.1, -0.05) is 41.3 Å². The van der Waals surface area contributed by atoms with E-state index in [0.717, 1.165) is 30.2 Å². The Balaban J connectivity index is 1.62. The average molecular weight is 486 g/mol. The monoisotopic (exact) mass is 485 g/mol. The second-order valence-electron chi connectivity index (χ2n) is 9.47. The third kappa shape index (κ3) is 3.71. The van der Waals surface area contributed by atoms with Crippen LogP contribution in [0.5, 0.6) is 5.75 Å². The van der Waals surface area contributed by atoms with E-state index in [1.54, 1.807) is 16.5 Å². The van der Waals surface area contributed by atoms with Crippen LogP contribution in [-0.4, -0.2) is 39.1 Å². The zero-order valence-electron chi connectivity index (χ0n) is 17.9. The molecule has 2 heterocycles. The number of fused-ring (bicyclic) bond motifs is 1. The topological polar surface area (TPSA) is 75.4 Å². The predicted octanol–water partition coefficient (Wildman–Crippen LogP) is 4.12. The van der Waals surface area contributed by atoms with Gasteiger partial charge in [-0.2, -0.15) is 4.98 Å². The van der Waals surface area contributed by atoms with Crippen LogP contribution in [0, 0.1) is 0 Å². The molecule has 0 saturated heterocycles. The molecule has 31 heavy (non-hydrogen) atoms. The number of amides is 1. The highest BCUT2D eigenvalue weighted by atomic mass is 79.9. The van der Waals surface area contributed by atoms with Crippen molar-refractivity contribution in [2.24, 2.45) is 0 Å². The van der Waals surface area contributed by atoms with E-state index in [1.165, 1.54) is 30.4 Å². The van der Waals surface area contributed by atoms with E-state index in [9.17, 15) is 14.7 Å². The van der Waals surface area contributed by atoms with Gasteiger partial charge >= 0.3 is 5.56 Å². The standard InChI is InChI=1S/C24H28BrN3O3/c1-27-9-10-28-19(26-22(30)21(29)20(28)23(27)31)14-24(7-3-2-4-8-24)17-11-16(15-5-6-15)12-18(25)13-17/h11-13,15,29H,2-10,14H2,1H3. The van der Waals surface area contributed by atoms with Crippen molar-refractivity contribution in [3.8, 4) is 5.75 Å². The summed E-state index contributed by atoms with van der Waals surface area (Å²) in [4.78, 5) is 31.1. The normalized spacial score (nSPS) is 20.6. The molecule has 5 rings (SSSR count). The molecule has 0 unspecified atom stereocenters. The van der Waals surface area contributed by atoms with E-state index < -0.39 is 11.3 Å². The van der Waals surface area contributed by atoms with E-state index in [-0.39, 0.29) is 17.0 Å². The molecule has 1 N–H and O–H groups in total. The van der Waals surface area contributed by atoms with E-state index in [2.05, 4.69) is 39.1 Å². The molecule has 1 aromatic carbocycles. The number of hydrogen-bond donors (Lipinski definition) is 1. The number of benzene rings is 1. The van der Waals surface area contributed by atoms with Gasteiger partial charge in [-0.25, -0.2) is 0 Å². The Labute approximate surface area is 190 Å². The van der Waals surface area contributed by atoms with Crippen LogP contribution in [0.15, 0.2) is 27.5 Å². The Bertz CT molecular complexity index is 1100. The molecule has 2 fully saturated rings. The van der Waals surface area contributed by atoms with Crippen molar-refractivity contribution in [2.45, 2.75) is 69.2 Å². The minimum absolute atomic E-state index is 0.0858. The predicted molar refractivity (Wildman–Crippen MR) is 122 cm³/mol. The molecule has 7 heteroatoms. The van der Waals surface area contributed by atoms with Crippen molar-refractivity contribution in [1.82, 2.24) is 14.5 Å². The van der Waals surface area contributed by atoms with E-state index in [4.69, 9.17) is 0 Å². The smallest absolute Gasteiger partial charge is 0.315 e. The molecular formula is C24H28BrN3O3. The number of rotatable bonds is 4. The van der Waals surface area contributed by atoms with Gasteiger partial charge in [0.2, 0.25) is 5.75 Å². The molecule has 1 aromatic heterocycles. The second kappa shape index (κ2) is 7.76. The van der Waals surface area contributed by atoms with Crippen LogP contribution in [0.25, 0.3) is 0 Å². The van der Waals surface area contributed by atoms with Crippen molar-refractivity contribution in [1.29, 1.82) is 0 Å². The number of carbonyl (C=O) groups is 1. The molecule has 0 radical (unpaired) electrons. The van der Waals surface area contributed by atoms with Gasteiger partial charge in [0.1, 0.15) is 5.82 Å². The fourth-order valence-corrected chi connectivity index (χ4v) is 5.89. The van der Waals surface area contributed by atoms with Gasteiger partial charge in [-0.15, -0.1) is 0 Å². The van der Waals surface area contributed by atoms with Crippen molar-refractivity contribution in [3.63, 3.8) is 0 Å². The summed E-state index contributed by atoms with van der Waals surface area (Å²) in [6, 6.07) is 6.82. The first kappa shape index (κ1) is 20.7. The zero-order chi connectivity index (χ0) is 21.8. The Morgan fingerprint density at radius 3 is 2.58 bits per heavy atom. The quantitative estimate of drug-likeness (QED) is 0.706. The first-order valence-electron chi connectivity index (χ1n) is 11.3. The summed E-state index contributed by atoms with van der Waals surface area (Å²) in [5.74, 6) is 0.429. The van der Waals surface area contributed by atoms with Gasteiger partial charge in [-0.3, -0.25) is 9.59 Å². The van der Waals surface area contributed by atoms with Crippen LogP contribution in [0.1, 0.15) is 78.3 Å². The highest BCUT2D eigenvalue weighted by Gasteiger charge is 2.38. The Morgan fingerprint density at radius 2 is 1.87 bits per heavy atom. The lowest BCUT2D eigenvalue weighted by atomic mass is 9.67. The van der Waals surface area contributed by atoms with Crippen molar-refractivity contribution >= 4 is 21.8 Å². The number of aromatic nitrogens is 2. The summed E-state index contributed by atoms with van der Waals surface area (Å²) in [5, 5.41) is 10.3. The summed E-state index contributed by atoms with van der Waals surface area (Å²) in [7, 11) is 1.69. The maximum Gasteiger partial charge on any atom is 0.315 e. The van der Waals surface area contributed by atoms with Crippen LogP contribution < -0.4 is 5.56 Å². The van der Waals surface area contributed by atoms with E-state index in [1.807, 2.05) is 0 Å². The summed E-state index contributed by atoms with van der Waals surface area (Å²) in [5.41, 5.74) is 1.96. The van der Waals surface area contributed by atoms with Crippen LogP contribution in [0.2, 0.25) is 0 Å². The lowest BCUT2D eigenvalue weighted by Gasteiger charge is -2.39. The number of aromatic hydroxyl groups is 1. The number of carbonyl (C=O) groups excluding carboxylic acids is 1. The van der Waals surface area contributed by atoms with Crippen molar-refractivity contribution in [3.05, 3.63) is 55.7 Å². The molecule has 3 aliphatic rings. The molecule has 2 saturated carbocycles. The lowest BCUT2D eigenvalue weighted by molar-refractivity contribution is 0.0737. The summed E-state index contributed by atoms with van der Waals surface area (Å²) in [6.45, 7) is 1.08. The molecule has 0 atom stereocenters. The molecule has 6 nitrogen and oxygen atoms in total. The van der Waals surface area contributed by atoms with E-state index >= 15 is 0 Å². The fraction of sp³-hybridized carbons (Fsp3) is 0.542. The number of halogens is 1. The first-order valence-corrected chi connectivity index (χ1v) is 12.1. The zero-order valence-corrected chi connectivity index (χ0v) is 19.4. The summed E-state index contributed by atoms with van der Waals surface area (Å²) in [6.07, 6.45) is 8.68. The van der Waals surface area contributed by atoms with Gasteiger partial charge in [0.15, 0.2) is 5.69 Å². The Kier molecular flexibility index (Phi) is 5.19. The number of likely N-dealkylation sites (N-methyl/N-ethyl adjacent to an activating group) is 1. The third-order valence-electron chi connectivity index (χ3n) is 7.34. The number of nitrogens with zero attached hydrogens (tertiary/aromatic N) is 3. The van der Waals surface area contributed by atoms with Crippen LogP contribution in [-0.2, 0) is 18.4 Å². The molecule has 2 aromatic rings. The van der Waals surface area contributed by atoms with Crippen LogP contribution in [0.4, 0.5) is 0 Å². The lowest BCUT2D eigenvalue weighted by Crippen LogP contribution is -2.42. The Hall–Kier alpha value is -2.15. The van der Waals surface area contributed by atoms with Crippen LogP contribution in [0.3, 0.4) is 0 Å². The van der Waals surface area contributed by atoms with Crippen molar-refractivity contribution in [2.75, 3.05) is 13.6 Å². The summed E-state index contributed by atoms with van der Waals surface area (Å²) < 4.78 is 2.89. The highest BCUT2D eigenvalue weighted by molar-refractivity contribution is 9.10. The van der Waals surface area contributed by atoms with Crippen LogP contribution >= 0.6 is 15.9 Å². The average Bonchev–Trinajstić information content (AvgIpc) is 3.60. The molecule has 2 aliphatic carbocycles. The minimum atomic E-state index is -0.705. The van der Waals surface area contributed by atoms with Gasteiger partial charge < -0.3 is 14.6 Å². The van der Waals surface area contributed by atoms with Crippen molar-refractivity contribution < 1.29 is 9.90 Å². The van der Waals surface area contributed by atoms with Gasteiger partial charge in [0.05, 0.1) is 0 Å². The Morgan fingerprint density at radius 1 is 1.13 bits per heavy atom. The third-order valence-corrected chi connectivity index (χ3v) is 7.79. The largest absolute Gasteiger partial charge is 0.501 e. The highest BCUT2D eigenvalue weighted by Crippen LogP contribution is 2.46. The molecule has 1 aliphatic heterocycles. The van der Waals surface area contributed by atoms with Gasteiger partial charge in [-0.05, 0) is 54.9 Å². The molecular weight excluding hydrogens is 458 g/mol. The SMILES string of the molecule is CN1CCn2c(CC3(c4cc(Br)cc(C5CC5)c4)CCCCC3)nc(=O)c(O)c2C1=O.